The monoisotopic (exact) mass is 203 g/mol. The van der Waals surface area contributed by atoms with Crippen LogP contribution in [0.15, 0.2) is 23.8 Å². The van der Waals surface area contributed by atoms with Crippen LogP contribution in [0.5, 0.6) is 0 Å². The van der Waals surface area contributed by atoms with Gasteiger partial charge in [-0.2, -0.15) is 5.26 Å². The van der Waals surface area contributed by atoms with Crippen LogP contribution < -0.4 is 0 Å². The lowest BCUT2D eigenvalue weighted by Crippen LogP contribution is -1.86. The smallest absolute Gasteiger partial charge is 0.146 e. The highest BCUT2D eigenvalue weighted by Crippen LogP contribution is 2.13. The van der Waals surface area contributed by atoms with Crippen molar-refractivity contribution in [3.8, 4) is 6.07 Å². The molecule has 0 saturated carbocycles. The largest absolute Gasteiger partial charge is 0.298 e. The Labute approximate surface area is 87.7 Å². The zero-order chi connectivity index (χ0) is 11.3. The fraction of sp³-hybridized carbons (Fsp3) is 0.167. The Morgan fingerprint density at radius 3 is 2.87 bits per heavy atom. The summed E-state index contributed by atoms with van der Waals surface area (Å²) in [6.45, 7) is 1.86. The molecule has 0 radical (unpaired) electrons. The van der Waals surface area contributed by atoms with E-state index < -0.39 is 5.82 Å². The van der Waals surface area contributed by atoms with E-state index in [1.165, 1.54) is 18.2 Å². The highest BCUT2D eigenvalue weighted by atomic mass is 19.1. The average molecular weight is 203 g/mol. The first-order chi connectivity index (χ1) is 7.21. The van der Waals surface area contributed by atoms with Crippen molar-refractivity contribution in [2.24, 2.45) is 0 Å². The third-order valence-corrected chi connectivity index (χ3v) is 2.02. The first kappa shape index (κ1) is 11.1. The van der Waals surface area contributed by atoms with Crippen LogP contribution in [0.25, 0.3) is 6.08 Å². The number of nitriles is 1. The van der Waals surface area contributed by atoms with E-state index in [0.717, 1.165) is 6.29 Å². The Morgan fingerprint density at radius 2 is 2.33 bits per heavy atom. The van der Waals surface area contributed by atoms with Crippen LogP contribution in [0.4, 0.5) is 4.39 Å². The summed E-state index contributed by atoms with van der Waals surface area (Å²) in [7, 11) is 0. The maximum absolute atomic E-state index is 13.0. The summed E-state index contributed by atoms with van der Waals surface area (Å²) in [5.74, 6) is -0.543. The number of allylic oxidation sites excluding steroid dienone is 1. The SMILES string of the molecule is CC/C(C=O)=C/c1ccc(F)c(C#N)c1. The lowest BCUT2D eigenvalue weighted by atomic mass is 10.1. The highest BCUT2D eigenvalue weighted by Gasteiger charge is 2.01. The molecule has 76 valence electrons. The summed E-state index contributed by atoms with van der Waals surface area (Å²) in [6.07, 6.45) is 3.02. The van der Waals surface area contributed by atoms with Crippen LogP contribution in [-0.4, -0.2) is 6.29 Å². The van der Waals surface area contributed by atoms with Gasteiger partial charge in [0.1, 0.15) is 18.2 Å². The van der Waals surface area contributed by atoms with Crippen molar-refractivity contribution in [2.45, 2.75) is 13.3 Å². The summed E-state index contributed by atoms with van der Waals surface area (Å²) in [6, 6.07) is 5.94. The molecule has 0 saturated heterocycles. The lowest BCUT2D eigenvalue weighted by molar-refractivity contribution is -0.104. The van der Waals surface area contributed by atoms with E-state index in [-0.39, 0.29) is 5.56 Å². The topological polar surface area (TPSA) is 40.9 Å². The fourth-order valence-electron chi connectivity index (χ4n) is 1.15. The van der Waals surface area contributed by atoms with E-state index in [9.17, 15) is 9.18 Å². The Hall–Kier alpha value is -1.95. The van der Waals surface area contributed by atoms with Crippen molar-refractivity contribution in [2.75, 3.05) is 0 Å². The molecule has 3 heteroatoms. The van der Waals surface area contributed by atoms with Gasteiger partial charge in [0.05, 0.1) is 5.56 Å². The second kappa shape index (κ2) is 5.06. The molecule has 1 aromatic carbocycles. The summed E-state index contributed by atoms with van der Waals surface area (Å²) < 4.78 is 13.0. The molecule has 0 amide bonds. The van der Waals surface area contributed by atoms with Gasteiger partial charge in [0.25, 0.3) is 0 Å². The summed E-state index contributed by atoms with van der Waals surface area (Å²) in [5, 5.41) is 8.61. The van der Waals surface area contributed by atoms with Crippen LogP contribution in [0.2, 0.25) is 0 Å². The summed E-state index contributed by atoms with van der Waals surface area (Å²) in [4.78, 5) is 10.6. The first-order valence-electron chi connectivity index (χ1n) is 4.56. The second-order valence-corrected chi connectivity index (χ2v) is 3.04. The van der Waals surface area contributed by atoms with Crippen molar-refractivity contribution >= 4 is 12.4 Å². The van der Waals surface area contributed by atoms with Crippen LogP contribution in [-0.2, 0) is 4.79 Å². The van der Waals surface area contributed by atoms with Gasteiger partial charge in [-0.05, 0) is 35.8 Å². The summed E-state index contributed by atoms with van der Waals surface area (Å²) >= 11 is 0. The number of hydrogen-bond donors (Lipinski definition) is 0. The van der Waals surface area contributed by atoms with E-state index in [1.54, 1.807) is 12.1 Å². The quantitative estimate of drug-likeness (QED) is 0.559. The van der Waals surface area contributed by atoms with Crippen molar-refractivity contribution in [1.82, 2.24) is 0 Å². The molecule has 15 heavy (non-hydrogen) atoms. The maximum atomic E-state index is 13.0. The van der Waals surface area contributed by atoms with Gasteiger partial charge in [-0.1, -0.05) is 13.0 Å². The zero-order valence-electron chi connectivity index (χ0n) is 8.33. The third-order valence-electron chi connectivity index (χ3n) is 2.02. The molecule has 0 heterocycles. The van der Waals surface area contributed by atoms with Gasteiger partial charge in [0, 0.05) is 0 Å². The standard InChI is InChI=1S/C12H10FNO/c1-2-9(8-15)5-10-3-4-12(13)11(6-10)7-14/h3-6,8H,2H2,1H3/b9-5-. The Balaban J connectivity index is 3.13. The predicted molar refractivity (Wildman–Crippen MR) is 55.4 cm³/mol. The number of benzene rings is 1. The van der Waals surface area contributed by atoms with Gasteiger partial charge >= 0.3 is 0 Å². The minimum atomic E-state index is -0.543. The van der Waals surface area contributed by atoms with E-state index in [0.29, 0.717) is 17.6 Å². The molecule has 0 aliphatic heterocycles. The normalized spacial score (nSPS) is 10.9. The molecule has 0 N–H and O–H groups in total. The van der Waals surface area contributed by atoms with Gasteiger partial charge in [0.2, 0.25) is 0 Å². The molecular weight excluding hydrogens is 193 g/mol. The van der Waals surface area contributed by atoms with Crippen LogP contribution in [0, 0.1) is 17.1 Å². The van der Waals surface area contributed by atoms with Gasteiger partial charge in [-0.15, -0.1) is 0 Å². The van der Waals surface area contributed by atoms with Gasteiger partial charge in [0.15, 0.2) is 0 Å². The number of carbonyl (C=O) groups is 1. The molecule has 0 aromatic heterocycles. The van der Waals surface area contributed by atoms with Crippen LogP contribution in [0.3, 0.4) is 0 Å². The summed E-state index contributed by atoms with van der Waals surface area (Å²) in [5.41, 5.74) is 1.27. The number of nitrogens with zero attached hydrogens (tertiary/aromatic N) is 1. The number of hydrogen-bond acceptors (Lipinski definition) is 2. The molecule has 0 aliphatic carbocycles. The molecule has 0 atom stereocenters. The number of aldehydes is 1. The number of halogens is 1. The maximum Gasteiger partial charge on any atom is 0.146 e. The second-order valence-electron chi connectivity index (χ2n) is 3.04. The molecule has 1 rings (SSSR count). The molecule has 2 nitrogen and oxygen atoms in total. The Kier molecular flexibility index (Phi) is 3.75. The molecule has 0 bridgehead atoms. The fourth-order valence-corrected chi connectivity index (χ4v) is 1.15. The van der Waals surface area contributed by atoms with E-state index in [2.05, 4.69) is 0 Å². The van der Waals surface area contributed by atoms with Crippen LogP contribution in [0.1, 0.15) is 24.5 Å². The molecule has 0 unspecified atom stereocenters. The Morgan fingerprint density at radius 1 is 1.60 bits per heavy atom. The minimum absolute atomic E-state index is 0.00916. The van der Waals surface area contributed by atoms with Crippen LogP contribution >= 0.6 is 0 Å². The van der Waals surface area contributed by atoms with E-state index in [1.807, 2.05) is 6.92 Å². The van der Waals surface area contributed by atoms with Crippen molar-refractivity contribution in [1.29, 1.82) is 5.26 Å². The van der Waals surface area contributed by atoms with Crippen molar-refractivity contribution in [3.63, 3.8) is 0 Å². The Bertz CT molecular complexity index is 443. The van der Waals surface area contributed by atoms with E-state index in [4.69, 9.17) is 5.26 Å². The number of carbonyl (C=O) groups excluding carboxylic acids is 1. The van der Waals surface area contributed by atoms with E-state index >= 15 is 0 Å². The molecule has 0 aliphatic rings. The van der Waals surface area contributed by atoms with Crippen molar-refractivity contribution in [3.05, 3.63) is 40.7 Å². The minimum Gasteiger partial charge on any atom is -0.298 e. The molecule has 1 aromatic rings. The lowest BCUT2D eigenvalue weighted by Gasteiger charge is -1.98. The third kappa shape index (κ3) is 2.75. The van der Waals surface area contributed by atoms with Gasteiger partial charge in [-0.3, -0.25) is 4.79 Å². The molecular formula is C12H10FNO. The highest BCUT2D eigenvalue weighted by molar-refractivity contribution is 5.81. The predicted octanol–water partition coefficient (Wildman–Crippen LogP) is 2.69. The molecule has 0 spiro atoms. The van der Waals surface area contributed by atoms with Gasteiger partial charge in [-0.25, -0.2) is 4.39 Å². The van der Waals surface area contributed by atoms with Crippen molar-refractivity contribution < 1.29 is 9.18 Å². The number of rotatable bonds is 3. The molecule has 0 fully saturated rings. The first-order valence-corrected chi connectivity index (χ1v) is 4.56. The average Bonchev–Trinajstić information content (AvgIpc) is 2.28. The zero-order valence-corrected chi connectivity index (χ0v) is 8.33. The van der Waals surface area contributed by atoms with Gasteiger partial charge < -0.3 is 0 Å².